The molecule has 1 N–H and O–H groups in total. The first-order chi connectivity index (χ1) is 10.6. The van der Waals surface area contributed by atoms with Gasteiger partial charge in [-0.05, 0) is 36.3 Å². The van der Waals surface area contributed by atoms with Crippen molar-refractivity contribution in [2.75, 3.05) is 25.5 Å². The maximum absolute atomic E-state index is 11.7. The molecule has 1 heterocycles. The van der Waals surface area contributed by atoms with Gasteiger partial charge in [0.25, 0.3) is 0 Å². The van der Waals surface area contributed by atoms with E-state index in [1.807, 2.05) is 66.3 Å². The molecule has 0 radical (unpaired) electrons. The zero-order valence-electron chi connectivity index (χ0n) is 13.1. The fraction of sp³-hybridized carbons (Fsp3) is 0.294. The average molecular weight is 298 g/mol. The van der Waals surface area contributed by atoms with Crippen molar-refractivity contribution < 1.29 is 4.79 Å². The van der Waals surface area contributed by atoms with Crippen LogP contribution in [-0.2, 0) is 11.3 Å². The van der Waals surface area contributed by atoms with Gasteiger partial charge >= 0.3 is 0 Å². The average Bonchev–Trinajstić information content (AvgIpc) is 3.03. The van der Waals surface area contributed by atoms with Crippen molar-refractivity contribution >= 4 is 17.7 Å². The Balaban J connectivity index is 1.71. The van der Waals surface area contributed by atoms with Crippen LogP contribution in [0, 0.1) is 0 Å². The number of benzene rings is 1. The number of hydrogen-bond donors (Lipinski definition) is 1. The molecular formula is C17H22N4O. The van der Waals surface area contributed by atoms with Crippen molar-refractivity contribution in [3.05, 3.63) is 54.4 Å². The van der Waals surface area contributed by atoms with Crippen LogP contribution in [0.15, 0.2) is 48.8 Å². The van der Waals surface area contributed by atoms with Crippen LogP contribution in [0.3, 0.4) is 0 Å². The van der Waals surface area contributed by atoms with Crippen molar-refractivity contribution in [3.63, 3.8) is 0 Å². The number of nitrogens with one attached hydrogen (secondary N) is 1. The zero-order valence-corrected chi connectivity index (χ0v) is 13.1. The summed E-state index contributed by atoms with van der Waals surface area (Å²) < 4.78 is 1.86. The molecule has 0 bridgehead atoms. The van der Waals surface area contributed by atoms with E-state index >= 15 is 0 Å². The summed E-state index contributed by atoms with van der Waals surface area (Å²) in [6, 6.07) is 9.94. The molecule has 5 heteroatoms. The van der Waals surface area contributed by atoms with Gasteiger partial charge in [0.05, 0.1) is 0 Å². The molecule has 1 aromatic carbocycles. The highest BCUT2D eigenvalue weighted by atomic mass is 16.1. The van der Waals surface area contributed by atoms with Crippen molar-refractivity contribution in [2.45, 2.75) is 13.0 Å². The molecule has 0 aliphatic carbocycles. The summed E-state index contributed by atoms with van der Waals surface area (Å²) in [5.74, 6) is -0.0721. The molecule has 0 spiro atoms. The molecule has 22 heavy (non-hydrogen) atoms. The Morgan fingerprint density at radius 1 is 1.32 bits per heavy atom. The first-order valence-electron chi connectivity index (χ1n) is 7.36. The Hall–Kier alpha value is -2.56. The van der Waals surface area contributed by atoms with Crippen LogP contribution in [-0.4, -0.2) is 36.3 Å². The second-order valence-corrected chi connectivity index (χ2v) is 5.23. The smallest absolute Gasteiger partial charge is 0.244 e. The van der Waals surface area contributed by atoms with E-state index in [2.05, 4.69) is 10.4 Å². The van der Waals surface area contributed by atoms with Crippen LogP contribution >= 0.6 is 0 Å². The van der Waals surface area contributed by atoms with Gasteiger partial charge in [-0.25, -0.2) is 0 Å². The minimum absolute atomic E-state index is 0.0721. The highest BCUT2D eigenvalue weighted by molar-refractivity contribution is 5.91. The highest BCUT2D eigenvalue weighted by Crippen LogP contribution is 2.12. The Morgan fingerprint density at radius 3 is 2.73 bits per heavy atom. The molecule has 0 atom stereocenters. The first-order valence-corrected chi connectivity index (χ1v) is 7.36. The minimum Gasteiger partial charge on any atom is -0.378 e. The van der Waals surface area contributed by atoms with E-state index < -0.39 is 0 Å². The first kappa shape index (κ1) is 15.8. The van der Waals surface area contributed by atoms with Crippen LogP contribution < -0.4 is 10.2 Å². The lowest BCUT2D eigenvalue weighted by Crippen LogP contribution is -2.23. The van der Waals surface area contributed by atoms with Gasteiger partial charge in [0.2, 0.25) is 5.91 Å². The number of anilines is 1. The SMILES string of the molecule is CN(C)c1ccc(/C=C/C(=O)NCCCn2cccn2)cc1. The van der Waals surface area contributed by atoms with Crippen molar-refractivity contribution in [2.24, 2.45) is 0 Å². The third kappa shape index (κ3) is 5.09. The lowest BCUT2D eigenvalue weighted by Gasteiger charge is -2.11. The summed E-state index contributed by atoms with van der Waals surface area (Å²) in [6.45, 7) is 1.45. The highest BCUT2D eigenvalue weighted by Gasteiger charge is 1.97. The molecule has 116 valence electrons. The van der Waals surface area contributed by atoms with E-state index in [1.54, 1.807) is 12.3 Å². The van der Waals surface area contributed by atoms with Crippen molar-refractivity contribution in [1.82, 2.24) is 15.1 Å². The van der Waals surface area contributed by atoms with Gasteiger partial charge in [-0.2, -0.15) is 5.10 Å². The molecule has 1 amide bonds. The van der Waals surface area contributed by atoms with Crippen LogP contribution in [0.2, 0.25) is 0 Å². The third-order valence-electron chi connectivity index (χ3n) is 3.26. The molecule has 0 saturated carbocycles. The summed E-state index contributed by atoms with van der Waals surface area (Å²) in [6.07, 6.45) is 7.92. The second-order valence-electron chi connectivity index (χ2n) is 5.23. The third-order valence-corrected chi connectivity index (χ3v) is 3.26. The fourth-order valence-corrected chi connectivity index (χ4v) is 2.00. The Bertz CT molecular complexity index is 600. The van der Waals surface area contributed by atoms with Gasteiger partial charge in [-0.15, -0.1) is 0 Å². The topological polar surface area (TPSA) is 50.2 Å². The number of aryl methyl sites for hydroxylation is 1. The van der Waals surface area contributed by atoms with Crippen LogP contribution in [0.1, 0.15) is 12.0 Å². The number of hydrogen-bond acceptors (Lipinski definition) is 3. The molecule has 0 aliphatic rings. The number of aromatic nitrogens is 2. The molecule has 0 fully saturated rings. The standard InChI is InChI=1S/C17H22N4O/c1-20(2)16-8-5-15(6-9-16)7-10-17(22)18-11-3-13-21-14-4-12-19-21/h4-10,12,14H,3,11,13H2,1-2H3,(H,18,22)/b10-7+. The zero-order chi connectivity index (χ0) is 15.8. The molecule has 2 rings (SSSR count). The summed E-state index contributed by atoms with van der Waals surface area (Å²) in [5.41, 5.74) is 2.15. The molecule has 2 aromatic rings. The lowest BCUT2D eigenvalue weighted by atomic mass is 10.2. The van der Waals surface area contributed by atoms with Crippen LogP contribution in [0.5, 0.6) is 0 Å². The van der Waals surface area contributed by atoms with E-state index in [0.29, 0.717) is 6.54 Å². The van der Waals surface area contributed by atoms with Crippen molar-refractivity contribution in [1.29, 1.82) is 0 Å². The number of nitrogens with zero attached hydrogens (tertiary/aromatic N) is 3. The predicted octanol–water partition coefficient (Wildman–Crippen LogP) is 2.17. The fourth-order valence-electron chi connectivity index (χ4n) is 2.00. The quantitative estimate of drug-likeness (QED) is 0.629. The van der Waals surface area contributed by atoms with Gasteiger partial charge in [0.15, 0.2) is 0 Å². The van der Waals surface area contributed by atoms with E-state index in [0.717, 1.165) is 24.2 Å². The van der Waals surface area contributed by atoms with Gasteiger partial charge < -0.3 is 10.2 Å². The maximum Gasteiger partial charge on any atom is 0.244 e. The molecular weight excluding hydrogens is 276 g/mol. The number of carbonyl (C=O) groups is 1. The van der Waals surface area contributed by atoms with Gasteiger partial charge in [0, 0.05) is 51.3 Å². The number of amides is 1. The molecule has 0 unspecified atom stereocenters. The maximum atomic E-state index is 11.7. The largest absolute Gasteiger partial charge is 0.378 e. The lowest BCUT2D eigenvalue weighted by molar-refractivity contribution is -0.116. The van der Waals surface area contributed by atoms with E-state index in [-0.39, 0.29) is 5.91 Å². The Labute approximate surface area is 131 Å². The minimum atomic E-state index is -0.0721. The van der Waals surface area contributed by atoms with Gasteiger partial charge in [-0.1, -0.05) is 12.1 Å². The molecule has 0 saturated heterocycles. The number of rotatable bonds is 7. The summed E-state index contributed by atoms with van der Waals surface area (Å²) in [7, 11) is 4.00. The predicted molar refractivity (Wildman–Crippen MR) is 89.7 cm³/mol. The van der Waals surface area contributed by atoms with E-state index in [9.17, 15) is 4.79 Å². The van der Waals surface area contributed by atoms with E-state index in [1.165, 1.54) is 0 Å². The second kappa shape index (κ2) is 8.02. The molecule has 5 nitrogen and oxygen atoms in total. The summed E-state index contributed by atoms with van der Waals surface area (Å²) in [4.78, 5) is 13.8. The Kier molecular flexibility index (Phi) is 5.77. The monoisotopic (exact) mass is 298 g/mol. The molecule has 1 aromatic heterocycles. The summed E-state index contributed by atoms with van der Waals surface area (Å²) in [5, 5.41) is 6.98. The number of carbonyl (C=O) groups excluding carboxylic acids is 1. The van der Waals surface area contributed by atoms with Crippen molar-refractivity contribution in [3.8, 4) is 0 Å². The van der Waals surface area contributed by atoms with Gasteiger partial charge in [0.1, 0.15) is 0 Å². The summed E-state index contributed by atoms with van der Waals surface area (Å²) >= 11 is 0. The normalized spacial score (nSPS) is 10.8. The Morgan fingerprint density at radius 2 is 2.09 bits per heavy atom. The van der Waals surface area contributed by atoms with E-state index in [4.69, 9.17) is 0 Å². The molecule has 0 aliphatic heterocycles. The van der Waals surface area contributed by atoms with Crippen LogP contribution in [0.4, 0.5) is 5.69 Å². The van der Waals surface area contributed by atoms with Gasteiger partial charge in [-0.3, -0.25) is 9.48 Å². The van der Waals surface area contributed by atoms with Crippen LogP contribution in [0.25, 0.3) is 6.08 Å².